The summed E-state index contributed by atoms with van der Waals surface area (Å²) in [6.45, 7) is 2.02. The van der Waals surface area contributed by atoms with Gasteiger partial charge in [-0.1, -0.05) is 13.3 Å². The van der Waals surface area contributed by atoms with Gasteiger partial charge in [0.05, 0.1) is 16.6 Å². The zero-order valence-electron chi connectivity index (χ0n) is 11.8. The third-order valence-electron chi connectivity index (χ3n) is 3.37. The molecule has 0 unspecified atom stereocenters. The van der Waals surface area contributed by atoms with E-state index in [1.165, 1.54) is 6.07 Å². The van der Waals surface area contributed by atoms with E-state index >= 15 is 0 Å². The highest BCUT2D eigenvalue weighted by Crippen LogP contribution is 2.35. The lowest BCUT2D eigenvalue weighted by Crippen LogP contribution is -2.22. The molecule has 118 valence electrons. The summed E-state index contributed by atoms with van der Waals surface area (Å²) in [7, 11) is 0. The summed E-state index contributed by atoms with van der Waals surface area (Å²) in [5.41, 5.74) is -2.36. The maximum Gasteiger partial charge on any atom is 0.418 e. The number of aromatic carboxylic acids is 1. The largest absolute Gasteiger partial charge is 0.478 e. The summed E-state index contributed by atoms with van der Waals surface area (Å²) in [4.78, 5) is 22.9. The van der Waals surface area contributed by atoms with Gasteiger partial charge in [-0.25, -0.2) is 4.79 Å². The molecule has 0 atom stereocenters. The molecule has 1 N–H and O–H groups in total. The first-order valence-electron chi connectivity index (χ1n) is 6.73. The summed E-state index contributed by atoms with van der Waals surface area (Å²) in [5.74, 6) is -1.45. The lowest BCUT2D eigenvalue weighted by atomic mass is 10.0. The average Bonchev–Trinajstić information content (AvgIpc) is 2.44. The van der Waals surface area contributed by atoms with E-state index < -0.39 is 28.8 Å². The monoisotopic (exact) mass is 313 g/mol. The fourth-order valence-corrected chi connectivity index (χ4v) is 2.32. The Morgan fingerprint density at radius 3 is 2.50 bits per heavy atom. The van der Waals surface area contributed by atoms with E-state index in [9.17, 15) is 22.8 Å². The Hall–Kier alpha value is -2.31. The number of unbranched alkanes of at least 4 members (excludes halogenated alkanes) is 1. The van der Waals surface area contributed by atoms with Crippen LogP contribution < -0.4 is 5.56 Å². The van der Waals surface area contributed by atoms with Crippen molar-refractivity contribution < 1.29 is 23.1 Å². The molecule has 0 bridgehead atoms. The molecule has 0 fully saturated rings. The third kappa shape index (κ3) is 2.98. The van der Waals surface area contributed by atoms with Crippen LogP contribution in [0.1, 0.15) is 35.7 Å². The molecule has 2 aromatic rings. The van der Waals surface area contributed by atoms with Crippen molar-refractivity contribution in [3.8, 4) is 0 Å². The van der Waals surface area contributed by atoms with Crippen LogP contribution in [0, 0.1) is 0 Å². The van der Waals surface area contributed by atoms with Gasteiger partial charge in [0.25, 0.3) is 5.56 Å². The molecule has 0 radical (unpaired) electrons. The summed E-state index contributed by atoms with van der Waals surface area (Å²) >= 11 is 0. The van der Waals surface area contributed by atoms with Crippen molar-refractivity contribution in [1.29, 1.82) is 0 Å². The summed E-state index contributed by atoms with van der Waals surface area (Å²) in [6.07, 6.45) is -3.47. The van der Waals surface area contributed by atoms with Crippen LogP contribution in [0.4, 0.5) is 13.2 Å². The van der Waals surface area contributed by atoms with Crippen molar-refractivity contribution in [2.45, 2.75) is 32.5 Å². The number of pyridine rings is 1. The Morgan fingerprint density at radius 2 is 1.95 bits per heavy atom. The normalized spacial score (nSPS) is 11.8. The first kappa shape index (κ1) is 16.1. The summed E-state index contributed by atoms with van der Waals surface area (Å²) in [6, 6.07) is 4.10. The van der Waals surface area contributed by atoms with Gasteiger partial charge >= 0.3 is 12.1 Å². The molecule has 0 spiro atoms. The predicted molar refractivity (Wildman–Crippen MR) is 75.1 cm³/mol. The SMILES string of the molecule is CCCCn1c(=O)ccc2cc(C(=O)O)cc(C(F)(F)F)c21. The number of alkyl halides is 3. The molecule has 22 heavy (non-hydrogen) atoms. The van der Waals surface area contributed by atoms with E-state index in [0.29, 0.717) is 12.5 Å². The zero-order chi connectivity index (χ0) is 16.5. The molecule has 0 aliphatic carbocycles. The Bertz CT molecular complexity index is 778. The van der Waals surface area contributed by atoms with E-state index in [1.807, 2.05) is 6.92 Å². The van der Waals surface area contributed by atoms with Crippen LogP contribution in [0.15, 0.2) is 29.1 Å². The summed E-state index contributed by atoms with van der Waals surface area (Å²) < 4.78 is 40.9. The molecule has 1 heterocycles. The molecule has 0 amide bonds. The number of carboxylic acids is 1. The minimum absolute atomic E-state index is 0.0860. The van der Waals surface area contributed by atoms with Crippen molar-refractivity contribution in [2.75, 3.05) is 0 Å². The maximum absolute atomic E-state index is 13.3. The minimum Gasteiger partial charge on any atom is -0.478 e. The highest BCUT2D eigenvalue weighted by molar-refractivity contribution is 5.95. The maximum atomic E-state index is 13.3. The van der Waals surface area contributed by atoms with Gasteiger partial charge in [-0.05, 0) is 30.0 Å². The quantitative estimate of drug-likeness (QED) is 0.939. The zero-order valence-corrected chi connectivity index (χ0v) is 11.8. The van der Waals surface area contributed by atoms with Crippen LogP contribution in [-0.2, 0) is 12.7 Å². The number of fused-ring (bicyclic) bond motifs is 1. The van der Waals surface area contributed by atoms with E-state index in [-0.39, 0.29) is 17.4 Å². The molecule has 1 aromatic heterocycles. The highest BCUT2D eigenvalue weighted by atomic mass is 19.4. The van der Waals surface area contributed by atoms with Gasteiger partial charge < -0.3 is 9.67 Å². The van der Waals surface area contributed by atoms with Gasteiger partial charge in [0, 0.05) is 12.6 Å². The standard InChI is InChI=1S/C15H14F3NO3/c1-2-3-6-19-12(20)5-4-9-7-10(14(21)22)8-11(13(9)19)15(16,17)18/h4-5,7-8H,2-3,6H2,1H3,(H,21,22). The lowest BCUT2D eigenvalue weighted by Gasteiger charge is -2.16. The number of hydrogen-bond donors (Lipinski definition) is 1. The number of nitrogens with zero attached hydrogens (tertiary/aromatic N) is 1. The van der Waals surface area contributed by atoms with E-state index in [1.54, 1.807) is 0 Å². The Balaban J connectivity index is 2.88. The molecule has 0 saturated heterocycles. The fraction of sp³-hybridized carbons (Fsp3) is 0.333. The van der Waals surface area contributed by atoms with Gasteiger partial charge in [-0.2, -0.15) is 13.2 Å². The van der Waals surface area contributed by atoms with Crippen LogP contribution in [0.2, 0.25) is 0 Å². The molecule has 0 aliphatic rings. The minimum atomic E-state index is -4.74. The Morgan fingerprint density at radius 1 is 1.27 bits per heavy atom. The summed E-state index contributed by atoms with van der Waals surface area (Å²) in [5, 5.41) is 9.05. The van der Waals surface area contributed by atoms with Crippen LogP contribution in [0.25, 0.3) is 10.9 Å². The van der Waals surface area contributed by atoms with Crippen molar-refractivity contribution in [1.82, 2.24) is 4.57 Å². The van der Waals surface area contributed by atoms with E-state index in [2.05, 4.69) is 0 Å². The van der Waals surface area contributed by atoms with E-state index in [4.69, 9.17) is 5.11 Å². The van der Waals surface area contributed by atoms with Gasteiger partial charge in [0.15, 0.2) is 0 Å². The van der Waals surface area contributed by atoms with Gasteiger partial charge in [-0.15, -0.1) is 0 Å². The predicted octanol–water partition coefficient (Wildman–Crippen LogP) is 3.52. The van der Waals surface area contributed by atoms with Gasteiger partial charge in [-0.3, -0.25) is 4.79 Å². The number of halogens is 3. The molecular weight excluding hydrogens is 299 g/mol. The number of carboxylic acid groups (broad SMARTS) is 1. The van der Waals surface area contributed by atoms with Gasteiger partial charge in [0.1, 0.15) is 0 Å². The van der Waals surface area contributed by atoms with Crippen molar-refractivity contribution in [2.24, 2.45) is 0 Å². The molecule has 0 aliphatic heterocycles. The van der Waals surface area contributed by atoms with Crippen LogP contribution in [-0.4, -0.2) is 15.6 Å². The first-order chi connectivity index (χ1) is 10.3. The molecule has 0 saturated carbocycles. The fourth-order valence-electron chi connectivity index (χ4n) is 2.32. The van der Waals surface area contributed by atoms with E-state index in [0.717, 1.165) is 23.1 Å². The number of aromatic nitrogens is 1. The molecule has 2 rings (SSSR count). The molecule has 7 heteroatoms. The number of benzene rings is 1. The Labute approximate surface area is 123 Å². The Kier molecular flexibility index (Phi) is 4.25. The number of carbonyl (C=O) groups is 1. The number of rotatable bonds is 4. The average molecular weight is 313 g/mol. The van der Waals surface area contributed by atoms with Crippen LogP contribution in [0.3, 0.4) is 0 Å². The highest BCUT2D eigenvalue weighted by Gasteiger charge is 2.35. The third-order valence-corrected chi connectivity index (χ3v) is 3.37. The second-order valence-electron chi connectivity index (χ2n) is 4.94. The van der Waals surface area contributed by atoms with Crippen molar-refractivity contribution >= 4 is 16.9 Å². The van der Waals surface area contributed by atoms with Crippen molar-refractivity contribution in [3.63, 3.8) is 0 Å². The second kappa shape index (κ2) is 5.82. The molecular formula is C15H14F3NO3. The second-order valence-corrected chi connectivity index (χ2v) is 4.94. The van der Waals surface area contributed by atoms with Crippen LogP contribution in [0.5, 0.6) is 0 Å². The topological polar surface area (TPSA) is 59.3 Å². The molecule has 4 nitrogen and oxygen atoms in total. The van der Waals surface area contributed by atoms with Crippen molar-refractivity contribution in [3.05, 3.63) is 45.7 Å². The smallest absolute Gasteiger partial charge is 0.418 e. The van der Waals surface area contributed by atoms with Gasteiger partial charge in [0.2, 0.25) is 0 Å². The lowest BCUT2D eigenvalue weighted by molar-refractivity contribution is -0.136. The first-order valence-corrected chi connectivity index (χ1v) is 6.73. The molecule has 1 aromatic carbocycles. The number of hydrogen-bond acceptors (Lipinski definition) is 2. The van der Waals surface area contributed by atoms with Crippen LogP contribution >= 0.6 is 0 Å². The number of aryl methyl sites for hydroxylation is 1.